The second-order valence-corrected chi connectivity index (χ2v) is 3.57. The zero-order chi connectivity index (χ0) is 9.61. The third-order valence-electron chi connectivity index (χ3n) is 1.42. The molecule has 0 saturated carbocycles. The minimum atomic E-state index is -4.14. The van der Waals surface area contributed by atoms with E-state index in [2.05, 4.69) is 0 Å². The lowest BCUT2D eigenvalue weighted by Gasteiger charge is -2.10. The van der Waals surface area contributed by atoms with E-state index in [1.165, 1.54) is 11.8 Å². The molecular formula is C7H13F3OS. The van der Waals surface area contributed by atoms with Crippen LogP contribution in [0.4, 0.5) is 13.2 Å². The maximum atomic E-state index is 11.6. The van der Waals surface area contributed by atoms with Gasteiger partial charge in [0.1, 0.15) is 0 Å². The Labute approximate surface area is 74.3 Å². The molecule has 1 unspecified atom stereocenters. The van der Waals surface area contributed by atoms with Gasteiger partial charge in [-0.15, -0.1) is 0 Å². The lowest BCUT2D eigenvalue weighted by atomic mass is 10.1. The molecule has 0 fully saturated rings. The highest BCUT2D eigenvalue weighted by Gasteiger charge is 2.27. The van der Waals surface area contributed by atoms with Crippen molar-refractivity contribution in [3.8, 4) is 0 Å². The Hall–Kier alpha value is 0.100. The van der Waals surface area contributed by atoms with Crippen molar-refractivity contribution in [3.05, 3.63) is 0 Å². The lowest BCUT2D eigenvalue weighted by molar-refractivity contribution is -0.139. The molecule has 0 spiro atoms. The molecule has 0 heterocycles. The van der Waals surface area contributed by atoms with Gasteiger partial charge in [0.15, 0.2) is 0 Å². The van der Waals surface area contributed by atoms with Crippen molar-refractivity contribution in [1.82, 2.24) is 0 Å². The van der Waals surface area contributed by atoms with Crippen molar-refractivity contribution in [3.63, 3.8) is 0 Å². The van der Waals surface area contributed by atoms with Crippen LogP contribution in [0.5, 0.6) is 0 Å². The Morgan fingerprint density at radius 1 is 1.33 bits per heavy atom. The second kappa shape index (κ2) is 5.70. The second-order valence-electron chi connectivity index (χ2n) is 2.59. The van der Waals surface area contributed by atoms with Crippen molar-refractivity contribution < 1.29 is 18.3 Å². The SMILES string of the molecule is CSCCC(O)CCC(F)(F)F. The quantitative estimate of drug-likeness (QED) is 0.739. The fraction of sp³-hybridized carbons (Fsp3) is 1.00. The molecule has 0 rings (SSSR count). The van der Waals surface area contributed by atoms with Crippen LogP contribution in [0.25, 0.3) is 0 Å². The molecule has 0 aromatic rings. The molecule has 0 aromatic carbocycles. The van der Waals surface area contributed by atoms with E-state index in [-0.39, 0.29) is 6.42 Å². The van der Waals surface area contributed by atoms with Crippen LogP contribution in [0, 0.1) is 0 Å². The van der Waals surface area contributed by atoms with Crippen LogP contribution >= 0.6 is 11.8 Å². The third kappa shape index (κ3) is 8.20. The summed E-state index contributed by atoms with van der Waals surface area (Å²) in [5.74, 6) is 0.707. The monoisotopic (exact) mass is 202 g/mol. The summed E-state index contributed by atoms with van der Waals surface area (Å²) < 4.78 is 34.9. The third-order valence-corrected chi connectivity index (χ3v) is 2.06. The molecule has 1 N–H and O–H groups in total. The first-order valence-electron chi connectivity index (χ1n) is 3.69. The topological polar surface area (TPSA) is 20.2 Å². The zero-order valence-corrected chi connectivity index (χ0v) is 7.71. The first-order chi connectivity index (χ1) is 5.45. The predicted molar refractivity (Wildman–Crippen MR) is 44.3 cm³/mol. The van der Waals surface area contributed by atoms with Crippen LogP contribution in [0.1, 0.15) is 19.3 Å². The number of aliphatic hydroxyl groups excluding tert-OH is 1. The van der Waals surface area contributed by atoms with Crippen LogP contribution < -0.4 is 0 Å². The van der Waals surface area contributed by atoms with Gasteiger partial charge in [0.25, 0.3) is 0 Å². The van der Waals surface area contributed by atoms with E-state index in [0.29, 0.717) is 12.2 Å². The van der Waals surface area contributed by atoms with Crippen LogP contribution in [0.15, 0.2) is 0 Å². The number of hydrogen-bond acceptors (Lipinski definition) is 2. The summed E-state index contributed by atoms with van der Waals surface area (Å²) in [5, 5.41) is 9.03. The molecule has 5 heteroatoms. The van der Waals surface area contributed by atoms with Gasteiger partial charge in [-0.3, -0.25) is 0 Å². The summed E-state index contributed by atoms with van der Waals surface area (Å²) in [5.41, 5.74) is 0. The molecular weight excluding hydrogens is 189 g/mol. The molecule has 0 aromatic heterocycles. The number of thioether (sulfide) groups is 1. The highest BCUT2D eigenvalue weighted by molar-refractivity contribution is 7.98. The Morgan fingerprint density at radius 3 is 2.33 bits per heavy atom. The van der Waals surface area contributed by atoms with Crippen LogP contribution in [-0.4, -0.2) is 29.4 Å². The molecule has 1 atom stereocenters. The molecule has 0 aliphatic carbocycles. The molecule has 0 radical (unpaired) electrons. The van der Waals surface area contributed by atoms with Gasteiger partial charge in [0.05, 0.1) is 6.10 Å². The van der Waals surface area contributed by atoms with E-state index in [4.69, 9.17) is 5.11 Å². The average Bonchev–Trinajstić information content (AvgIpc) is 1.95. The number of hydrogen-bond donors (Lipinski definition) is 1. The highest BCUT2D eigenvalue weighted by Crippen LogP contribution is 2.23. The van der Waals surface area contributed by atoms with Gasteiger partial charge in [0.2, 0.25) is 0 Å². The molecule has 0 aliphatic rings. The zero-order valence-electron chi connectivity index (χ0n) is 6.90. The standard InChI is InChI=1S/C7H13F3OS/c1-12-5-3-6(11)2-4-7(8,9)10/h6,11H,2-5H2,1H3. The largest absolute Gasteiger partial charge is 0.393 e. The minimum absolute atomic E-state index is 0.177. The highest BCUT2D eigenvalue weighted by atomic mass is 32.2. The van der Waals surface area contributed by atoms with Crippen molar-refractivity contribution >= 4 is 11.8 Å². The van der Waals surface area contributed by atoms with E-state index in [1.807, 2.05) is 6.26 Å². The number of alkyl halides is 3. The van der Waals surface area contributed by atoms with Gasteiger partial charge in [0, 0.05) is 6.42 Å². The van der Waals surface area contributed by atoms with Gasteiger partial charge in [-0.05, 0) is 24.9 Å². The van der Waals surface area contributed by atoms with Crippen molar-refractivity contribution in [1.29, 1.82) is 0 Å². The molecule has 0 saturated heterocycles. The molecule has 12 heavy (non-hydrogen) atoms. The Morgan fingerprint density at radius 2 is 1.92 bits per heavy atom. The summed E-state index contributed by atoms with van der Waals surface area (Å²) in [6, 6.07) is 0. The maximum Gasteiger partial charge on any atom is 0.389 e. The minimum Gasteiger partial charge on any atom is -0.393 e. The summed E-state index contributed by atoms with van der Waals surface area (Å²) in [4.78, 5) is 0. The van der Waals surface area contributed by atoms with E-state index in [0.717, 1.165) is 0 Å². The van der Waals surface area contributed by atoms with Crippen LogP contribution in [0.2, 0.25) is 0 Å². The van der Waals surface area contributed by atoms with Crippen molar-refractivity contribution in [2.75, 3.05) is 12.0 Å². The molecule has 0 bridgehead atoms. The molecule has 0 aliphatic heterocycles. The van der Waals surface area contributed by atoms with Crippen molar-refractivity contribution in [2.45, 2.75) is 31.5 Å². The first kappa shape index (κ1) is 12.1. The van der Waals surface area contributed by atoms with Crippen LogP contribution in [0.3, 0.4) is 0 Å². The molecule has 1 nitrogen and oxygen atoms in total. The Balaban J connectivity index is 3.37. The van der Waals surface area contributed by atoms with Gasteiger partial charge in [-0.2, -0.15) is 24.9 Å². The summed E-state index contributed by atoms with van der Waals surface area (Å²) in [6.07, 6.45) is -3.71. The van der Waals surface area contributed by atoms with E-state index < -0.39 is 18.7 Å². The number of rotatable bonds is 5. The van der Waals surface area contributed by atoms with Gasteiger partial charge < -0.3 is 5.11 Å². The maximum absolute atomic E-state index is 11.6. The molecule has 0 amide bonds. The Bertz CT molecular complexity index is 116. The summed E-state index contributed by atoms with van der Waals surface area (Å²) in [7, 11) is 0. The molecule has 74 valence electrons. The van der Waals surface area contributed by atoms with E-state index in [9.17, 15) is 13.2 Å². The van der Waals surface area contributed by atoms with E-state index >= 15 is 0 Å². The summed E-state index contributed by atoms with van der Waals surface area (Å²) >= 11 is 1.52. The van der Waals surface area contributed by atoms with Crippen LogP contribution in [-0.2, 0) is 0 Å². The fourth-order valence-electron chi connectivity index (χ4n) is 0.729. The number of aliphatic hydroxyl groups is 1. The smallest absolute Gasteiger partial charge is 0.389 e. The summed E-state index contributed by atoms with van der Waals surface area (Å²) in [6.45, 7) is 0. The van der Waals surface area contributed by atoms with Gasteiger partial charge >= 0.3 is 6.18 Å². The number of halogens is 3. The first-order valence-corrected chi connectivity index (χ1v) is 5.09. The average molecular weight is 202 g/mol. The van der Waals surface area contributed by atoms with Gasteiger partial charge in [-0.25, -0.2) is 0 Å². The lowest BCUT2D eigenvalue weighted by Crippen LogP contribution is -2.14. The normalized spacial score (nSPS) is 14.8. The van der Waals surface area contributed by atoms with E-state index in [1.54, 1.807) is 0 Å². The predicted octanol–water partition coefficient (Wildman–Crippen LogP) is 2.44. The fourth-order valence-corrected chi connectivity index (χ4v) is 1.24. The Kier molecular flexibility index (Phi) is 5.74. The van der Waals surface area contributed by atoms with Crippen molar-refractivity contribution in [2.24, 2.45) is 0 Å². The van der Waals surface area contributed by atoms with Gasteiger partial charge in [-0.1, -0.05) is 0 Å².